The van der Waals surface area contributed by atoms with E-state index in [0.29, 0.717) is 30.1 Å². The molecule has 4 N–H and O–H groups in total. The summed E-state index contributed by atoms with van der Waals surface area (Å²) in [6, 6.07) is 16.5. The van der Waals surface area contributed by atoms with Crippen LogP contribution in [-0.4, -0.2) is 78.4 Å². The van der Waals surface area contributed by atoms with Gasteiger partial charge in [0.25, 0.3) is 5.91 Å². The normalized spacial score (nSPS) is 14.8. The van der Waals surface area contributed by atoms with E-state index < -0.39 is 52.0 Å². The molecule has 0 unspecified atom stereocenters. The van der Waals surface area contributed by atoms with E-state index in [0.717, 1.165) is 42.8 Å². The molecule has 1 aliphatic rings. The highest BCUT2D eigenvalue weighted by Crippen LogP contribution is 2.26. The second kappa shape index (κ2) is 14.0. The molecule has 1 fully saturated rings. The van der Waals surface area contributed by atoms with Crippen molar-refractivity contribution in [2.24, 2.45) is 0 Å². The molecule has 3 aromatic carbocycles. The average Bonchev–Trinajstić information content (AvgIpc) is 3.40. The summed E-state index contributed by atoms with van der Waals surface area (Å²) in [5.41, 5.74) is 1.82. The number of benzene rings is 3. The predicted octanol–water partition coefficient (Wildman–Crippen LogP) is 4.20. The summed E-state index contributed by atoms with van der Waals surface area (Å²) in [4.78, 5) is 44.1. The Kier molecular flexibility index (Phi) is 10.0. The van der Waals surface area contributed by atoms with Crippen molar-refractivity contribution in [3.05, 3.63) is 84.2 Å². The molecular formula is C33H37FN6O7S. The highest BCUT2D eigenvalue weighted by atomic mass is 32.2. The van der Waals surface area contributed by atoms with Crippen LogP contribution in [0.3, 0.4) is 0 Å². The lowest BCUT2D eigenvalue weighted by Crippen LogP contribution is -2.48. The van der Waals surface area contributed by atoms with Gasteiger partial charge in [0.15, 0.2) is 0 Å². The Morgan fingerprint density at radius 2 is 1.65 bits per heavy atom. The van der Waals surface area contributed by atoms with Gasteiger partial charge in [-0.05, 0) is 94.3 Å². The lowest BCUT2D eigenvalue weighted by molar-refractivity contribution is -0.138. The van der Waals surface area contributed by atoms with Gasteiger partial charge in [0.1, 0.15) is 17.5 Å². The summed E-state index contributed by atoms with van der Waals surface area (Å²) >= 11 is 0. The topological polar surface area (TPSA) is 172 Å². The number of para-hydroxylation sites is 2. The predicted molar refractivity (Wildman–Crippen MR) is 177 cm³/mol. The Balaban J connectivity index is 1.16. The minimum atomic E-state index is -4.28. The number of nitrogens with one attached hydrogen (secondary N) is 3. The molecule has 0 radical (unpaired) electrons. The number of halogens is 1. The Morgan fingerprint density at radius 3 is 2.27 bits per heavy atom. The van der Waals surface area contributed by atoms with Crippen LogP contribution in [-0.2, 0) is 19.6 Å². The number of anilines is 2. The Morgan fingerprint density at radius 1 is 1.00 bits per heavy atom. The summed E-state index contributed by atoms with van der Waals surface area (Å²) in [6.07, 6.45) is 0.999. The van der Waals surface area contributed by atoms with Crippen LogP contribution in [0.4, 0.5) is 20.8 Å². The fourth-order valence-corrected chi connectivity index (χ4v) is 6.44. The Hall–Kier alpha value is -5.02. The van der Waals surface area contributed by atoms with E-state index in [4.69, 9.17) is 4.74 Å². The molecular weight excluding hydrogens is 643 g/mol. The number of amides is 1. The maximum Gasteiger partial charge on any atom is 0.421 e. The lowest BCUT2D eigenvalue weighted by atomic mass is 10.0. The maximum atomic E-state index is 13.2. The van der Waals surface area contributed by atoms with E-state index >= 15 is 0 Å². The van der Waals surface area contributed by atoms with Crippen molar-refractivity contribution >= 4 is 50.7 Å². The van der Waals surface area contributed by atoms with Crippen molar-refractivity contribution in [3.63, 3.8) is 0 Å². The molecule has 0 saturated carbocycles. The molecule has 15 heteroatoms. The average molecular weight is 681 g/mol. The van der Waals surface area contributed by atoms with Crippen molar-refractivity contribution in [2.45, 2.75) is 56.2 Å². The molecule has 1 amide bonds. The zero-order valence-electron chi connectivity index (χ0n) is 26.6. The molecule has 0 bridgehead atoms. The van der Waals surface area contributed by atoms with Gasteiger partial charge in [-0.25, -0.2) is 27.2 Å². The van der Waals surface area contributed by atoms with Crippen LogP contribution >= 0.6 is 0 Å². The highest BCUT2D eigenvalue weighted by molar-refractivity contribution is 7.89. The molecule has 1 atom stereocenters. The van der Waals surface area contributed by atoms with Crippen molar-refractivity contribution < 1.29 is 37.0 Å². The van der Waals surface area contributed by atoms with E-state index in [-0.39, 0.29) is 16.5 Å². The number of carbonyl (C=O) groups excluding carboxylic acids is 2. The molecule has 1 aliphatic heterocycles. The Labute approximate surface area is 277 Å². The second-order valence-corrected chi connectivity index (χ2v) is 14.1. The van der Waals surface area contributed by atoms with E-state index in [1.165, 1.54) is 4.57 Å². The standard InChI is InChI=1S/C33H37FN6O7S/c1-33(2,3)47-32(44)40-28-7-5-4-6-26(28)37-31(40)36-23-16-18-39(19-17-23)24-12-8-21(9-13-24)29(41)35-20-27(30(42)43)38-48(45,46)25-14-10-22(34)11-15-25/h4-15,23,27,38H,16-20H2,1-3H3,(H,35,41)(H,36,37)(H,42,43)/t27-/m0/s1. The van der Waals surface area contributed by atoms with Gasteiger partial charge in [-0.15, -0.1) is 0 Å². The fourth-order valence-electron chi connectivity index (χ4n) is 5.25. The number of imidazole rings is 1. The second-order valence-electron chi connectivity index (χ2n) is 12.4. The zero-order valence-corrected chi connectivity index (χ0v) is 27.5. The molecule has 1 saturated heterocycles. The third kappa shape index (κ3) is 8.27. The first-order valence-electron chi connectivity index (χ1n) is 15.3. The number of ether oxygens (including phenoxy) is 1. The van der Waals surface area contributed by atoms with Crippen LogP contribution in [0.2, 0.25) is 0 Å². The number of hydrogen-bond donors (Lipinski definition) is 4. The minimum Gasteiger partial charge on any atom is -0.480 e. The van der Waals surface area contributed by atoms with Gasteiger partial charge in [0.2, 0.25) is 16.0 Å². The first-order chi connectivity index (χ1) is 22.7. The molecule has 13 nitrogen and oxygen atoms in total. The van der Waals surface area contributed by atoms with E-state index in [9.17, 15) is 32.3 Å². The van der Waals surface area contributed by atoms with Crippen LogP contribution in [0.5, 0.6) is 0 Å². The zero-order chi connectivity index (χ0) is 34.6. The summed E-state index contributed by atoms with van der Waals surface area (Å²) in [6.45, 7) is 6.32. The molecule has 5 rings (SSSR count). The summed E-state index contributed by atoms with van der Waals surface area (Å²) in [7, 11) is -4.28. The van der Waals surface area contributed by atoms with Gasteiger partial charge in [-0.1, -0.05) is 12.1 Å². The van der Waals surface area contributed by atoms with Gasteiger partial charge in [-0.3, -0.25) is 9.59 Å². The van der Waals surface area contributed by atoms with E-state index in [1.54, 1.807) is 24.3 Å². The van der Waals surface area contributed by atoms with Crippen molar-refractivity contribution in [3.8, 4) is 0 Å². The molecule has 2 heterocycles. The lowest BCUT2D eigenvalue weighted by Gasteiger charge is -2.34. The van der Waals surface area contributed by atoms with Gasteiger partial charge in [0.05, 0.1) is 15.9 Å². The highest BCUT2D eigenvalue weighted by Gasteiger charge is 2.28. The maximum absolute atomic E-state index is 13.2. The summed E-state index contributed by atoms with van der Waals surface area (Å²) in [5, 5.41) is 15.4. The number of aliphatic carboxylic acids is 1. The largest absolute Gasteiger partial charge is 0.480 e. The number of sulfonamides is 1. The molecule has 1 aromatic heterocycles. The van der Waals surface area contributed by atoms with Crippen LogP contribution in [0.15, 0.2) is 77.7 Å². The summed E-state index contributed by atoms with van der Waals surface area (Å²) < 4.78 is 47.4. The SMILES string of the molecule is CC(C)(C)OC(=O)n1c(NC2CCN(c3ccc(C(=O)NC[C@H](NS(=O)(=O)c4ccc(F)cc4)C(=O)O)cc3)CC2)nc2ccccc21. The number of aromatic nitrogens is 2. The number of fused-ring (bicyclic) bond motifs is 1. The molecule has 4 aromatic rings. The van der Waals surface area contributed by atoms with Crippen molar-refractivity contribution in [2.75, 3.05) is 29.9 Å². The number of carbonyl (C=O) groups is 3. The van der Waals surface area contributed by atoms with Crippen LogP contribution in [0, 0.1) is 5.82 Å². The van der Waals surface area contributed by atoms with Crippen molar-refractivity contribution in [1.29, 1.82) is 0 Å². The number of piperidine rings is 1. The number of hydrogen-bond acceptors (Lipinski definition) is 9. The molecule has 48 heavy (non-hydrogen) atoms. The third-order valence-corrected chi connectivity index (χ3v) is 9.13. The van der Waals surface area contributed by atoms with Gasteiger partial charge in [-0.2, -0.15) is 4.72 Å². The Bertz CT molecular complexity index is 1900. The fraction of sp³-hybridized carbons (Fsp3) is 0.333. The molecule has 254 valence electrons. The summed E-state index contributed by atoms with van der Waals surface area (Å²) in [5.74, 6) is -2.29. The minimum absolute atomic E-state index is 0.0481. The first kappa shape index (κ1) is 34.3. The van der Waals surface area contributed by atoms with Gasteiger partial charge < -0.3 is 25.4 Å². The van der Waals surface area contributed by atoms with Gasteiger partial charge in [0, 0.05) is 36.9 Å². The van der Waals surface area contributed by atoms with Gasteiger partial charge >= 0.3 is 12.1 Å². The quantitative estimate of drug-likeness (QED) is 0.190. The number of nitrogens with zero attached hydrogens (tertiary/aromatic N) is 3. The number of carboxylic acids is 1. The molecule has 0 spiro atoms. The van der Waals surface area contributed by atoms with Crippen LogP contribution in [0.1, 0.15) is 44.0 Å². The van der Waals surface area contributed by atoms with Crippen molar-refractivity contribution in [1.82, 2.24) is 19.6 Å². The number of rotatable bonds is 10. The third-order valence-electron chi connectivity index (χ3n) is 7.65. The first-order valence-corrected chi connectivity index (χ1v) is 16.8. The van der Waals surface area contributed by atoms with Crippen LogP contribution < -0.4 is 20.3 Å². The monoisotopic (exact) mass is 680 g/mol. The number of carboxylic acid groups (broad SMARTS) is 1. The smallest absolute Gasteiger partial charge is 0.421 e. The van der Waals surface area contributed by atoms with E-state index in [2.05, 4.69) is 20.5 Å². The van der Waals surface area contributed by atoms with E-state index in [1.807, 2.05) is 49.8 Å². The molecule has 0 aliphatic carbocycles. The van der Waals surface area contributed by atoms with Crippen LogP contribution in [0.25, 0.3) is 11.0 Å².